The maximum absolute atomic E-state index is 12.8. The minimum absolute atomic E-state index is 0.0743. The van der Waals surface area contributed by atoms with Crippen LogP contribution in [0.25, 0.3) is 0 Å². The highest BCUT2D eigenvalue weighted by Crippen LogP contribution is 2.21. The van der Waals surface area contributed by atoms with Gasteiger partial charge in [-0.1, -0.05) is 13.3 Å². The second-order valence-electron chi connectivity index (χ2n) is 7.95. The molecule has 0 aliphatic carbocycles. The topological polar surface area (TPSA) is 61.8 Å². The number of nitrogens with zero attached hydrogens (tertiary/aromatic N) is 5. The molecule has 160 valence electrons. The SMILES string of the molecule is CCCCOc1ccc(C(=O)N2CCN(c3ccc(N4CCCC4)nn3)CC2)cc1. The Hall–Kier alpha value is -2.83. The first-order valence-electron chi connectivity index (χ1n) is 11.1. The first-order chi connectivity index (χ1) is 14.7. The van der Waals surface area contributed by atoms with Crippen LogP contribution in [0, 0.1) is 0 Å². The molecule has 1 aromatic heterocycles. The number of hydrogen-bond donors (Lipinski definition) is 0. The van der Waals surface area contributed by atoms with Gasteiger partial charge in [0.15, 0.2) is 11.6 Å². The standard InChI is InChI=1S/C23H31N5O2/c1-2-3-18-30-20-8-6-19(7-9-20)23(29)28-16-14-27(15-17-28)22-11-10-21(24-25-22)26-12-4-5-13-26/h6-11H,2-5,12-18H2,1H3. The van der Waals surface area contributed by atoms with Crippen LogP contribution >= 0.6 is 0 Å². The third-order valence-corrected chi connectivity index (χ3v) is 5.83. The number of amides is 1. The molecule has 3 heterocycles. The molecule has 2 fully saturated rings. The van der Waals surface area contributed by atoms with Crippen LogP contribution in [-0.4, -0.2) is 66.9 Å². The van der Waals surface area contributed by atoms with Crippen LogP contribution in [0.3, 0.4) is 0 Å². The molecule has 0 N–H and O–H groups in total. The van der Waals surface area contributed by atoms with Crippen molar-refractivity contribution >= 4 is 17.5 Å². The molecule has 2 aromatic rings. The van der Waals surface area contributed by atoms with Gasteiger partial charge in [0.05, 0.1) is 6.61 Å². The lowest BCUT2D eigenvalue weighted by molar-refractivity contribution is 0.0746. The Balaban J connectivity index is 1.29. The van der Waals surface area contributed by atoms with Crippen molar-refractivity contribution in [2.75, 3.05) is 55.7 Å². The summed E-state index contributed by atoms with van der Waals surface area (Å²) in [5.41, 5.74) is 0.709. The maximum atomic E-state index is 12.8. The van der Waals surface area contributed by atoms with Crippen LogP contribution in [0.1, 0.15) is 43.0 Å². The van der Waals surface area contributed by atoms with Crippen LogP contribution < -0.4 is 14.5 Å². The molecule has 0 unspecified atom stereocenters. The number of piperazine rings is 1. The van der Waals surface area contributed by atoms with Crippen molar-refractivity contribution in [3.05, 3.63) is 42.0 Å². The number of carbonyl (C=O) groups is 1. The summed E-state index contributed by atoms with van der Waals surface area (Å²) in [5.74, 6) is 2.75. The molecule has 0 spiro atoms. The van der Waals surface area contributed by atoms with Crippen molar-refractivity contribution in [2.24, 2.45) is 0 Å². The Morgan fingerprint density at radius 3 is 2.03 bits per heavy atom. The zero-order valence-corrected chi connectivity index (χ0v) is 17.8. The number of unbranched alkanes of at least 4 members (excludes halogenated alkanes) is 1. The molecule has 0 saturated carbocycles. The second kappa shape index (κ2) is 9.78. The molecule has 2 saturated heterocycles. The third-order valence-electron chi connectivity index (χ3n) is 5.83. The van der Waals surface area contributed by atoms with Crippen molar-refractivity contribution in [1.29, 1.82) is 0 Å². The number of aromatic nitrogens is 2. The highest BCUT2D eigenvalue weighted by Gasteiger charge is 2.23. The average molecular weight is 410 g/mol. The fourth-order valence-electron chi connectivity index (χ4n) is 3.95. The fourth-order valence-corrected chi connectivity index (χ4v) is 3.95. The van der Waals surface area contributed by atoms with Crippen LogP contribution in [0.5, 0.6) is 5.75 Å². The first kappa shape index (κ1) is 20.4. The molecule has 2 aliphatic rings. The molecular weight excluding hydrogens is 378 g/mol. The molecule has 0 bridgehead atoms. The van der Waals surface area contributed by atoms with Crippen LogP contribution in [0.15, 0.2) is 36.4 Å². The zero-order chi connectivity index (χ0) is 20.8. The quantitative estimate of drug-likeness (QED) is 0.655. The normalized spacial score (nSPS) is 16.8. The van der Waals surface area contributed by atoms with Gasteiger partial charge in [-0.15, -0.1) is 10.2 Å². The highest BCUT2D eigenvalue weighted by atomic mass is 16.5. The van der Waals surface area contributed by atoms with Gasteiger partial charge in [0.1, 0.15) is 5.75 Å². The summed E-state index contributed by atoms with van der Waals surface area (Å²) in [6.45, 7) is 7.89. The van der Waals surface area contributed by atoms with E-state index >= 15 is 0 Å². The Morgan fingerprint density at radius 2 is 1.47 bits per heavy atom. The second-order valence-corrected chi connectivity index (χ2v) is 7.95. The lowest BCUT2D eigenvalue weighted by Gasteiger charge is -2.35. The van der Waals surface area contributed by atoms with Gasteiger partial charge in [0.2, 0.25) is 0 Å². The number of carbonyl (C=O) groups excluding carboxylic acids is 1. The monoisotopic (exact) mass is 409 g/mol. The van der Waals surface area contributed by atoms with Crippen molar-refractivity contribution in [2.45, 2.75) is 32.6 Å². The number of ether oxygens (including phenoxy) is 1. The zero-order valence-electron chi connectivity index (χ0n) is 17.8. The Kier molecular flexibility index (Phi) is 6.67. The van der Waals surface area contributed by atoms with E-state index in [0.29, 0.717) is 25.3 Å². The summed E-state index contributed by atoms with van der Waals surface area (Å²) in [7, 11) is 0. The number of benzene rings is 1. The van der Waals surface area contributed by atoms with Gasteiger partial charge < -0.3 is 19.4 Å². The largest absolute Gasteiger partial charge is 0.494 e. The minimum atomic E-state index is 0.0743. The predicted octanol–water partition coefficient (Wildman–Crippen LogP) is 3.22. The molecule has 30 heavy (non-hydrogen) atoms. The van der Waals surface area contributed by atoms with Gasteiger partial charge >= 0.3 is 0 Å². The van der Waals surface area contributed by atoms with Gasteiger partial charge in [0, 0.05) is 44.8 Å². The molecule has 0 radical (unpaired) electrons. The van der Waals surface area contributed by atoms with Gasteiger partial charge in [-0.3, -0.25) is 4.79 Å². The van der Waals surface area contributed by atoms with E-state index in [2.05, 4.69) is 39.1 Å². The van der Waals surface area contributed by atoms with E-state index in [-0.39, 0.29) is 5.91 Å². The number of anilines is 2. The van der Waals surface area contributed by atoms with E-state index in [0.717, 1.165) is 56.4 Å². The molecule has 7 nitrogen and oxygen atoms in total. The minimum Gasteiger partial charge on any atom is -0.494 e. The smallest absolute Gasteiger partial charge is 0.253 e. The van der Waals surface area contributed by atoms with Crippen molar-refractivity contribution in [3.8, 4) is 5.75 Å². The molecule has 7 heteroatoms. The summed E-state index contributed by atoms with van der Waals surface area (Å²) in [6, 6.07) is 11.6. The van der Waals surface area contributed by atoms with Gasteiger partial charge in [0.25, 0.3) is 5.91 Å². The van der Waals surface area contributed by atoms with Gasteiger partial charge in [-0.2, -0.15) is 0 Å². The fraction of sp³-hybridized carbons (Fsp3) is 0.522. The summed E-state index contributed by atoms with van der Waals surface area (Å²) in [4.78, 5) is 19.2. The van der Waals surface area contributed by atoms with Gasteiger partial charge in [-0.25, -0.2) is 0 Å². The van der Waals surface area contributed by atoms with E-state index in [1.54, 1.807) is 0 Å². The summed E-state index contributed by atoms with van der Waals surface area (Å²) >= 11 is 0. The Bertz CT molecular complexity index is 810. The van der Waals surface area contributed by atoms with Crippen molar-refractivity contribution in [1.82, 2.24) is 15.1 Å². The molecular formula is C23H31N5O2. The van der Waals surface area contributed by atoms with E-state index in [4.69, 9.17) is 4.74 Å². The molecule has 4 rings (SSSR count). The number of hydrogen-bond acceptors (Lipinski definition) is 6. The lowest BCUT2D eigenvalue weighted by atomic mass is 10.1. The first-order valence-corrected chi connectivity index (χ1v) is 11.1. The average Bonchev–Trinajstić information content (AvgIpc) is 3.35. The van der Waals surface area contributed by atoms with Crippen LogP contribution in [0.4, 0.5) is 11.6 Å². The number of rotatable bonds is 7. The Morgan fingerprint density at radius 1 is 0.867 bits per heavy atom. The van der Waals surface area contributed by atoms with Crippen LogP contribution in [-0.2, 0) is 0 Å². The van der Waals surface area contributed by atoms with E-state index in [1.807, 2.05) is 29.2 Å². The van der Waals surface area contributed by atoms with Crippen molar-refractivity contribution < 1.29 is 9.53 Å². The summed E-state index contributed by atoms with van der Waals surface area (Å²) in [5, 5.41) is 8.85. The molecule has 0 atom stereocenters. The van der Waals surface area contributed by atoms with Gasteiger partial charge in [-0.05, 0) is 55.7 Å². The van der Waals surface area contributed by atoms with Crippen molar-refractivity contribution in [3.63, 3.8) is 0 Å². The molecule has 1 amide bonds. The third kappa shape index (κ3) is 4.83. The van der Waals surface area contributed by atoms with E-state index in [9.17, 15) is 4.79 Å². The molecule has 2 aliphatic heterocycles. The highest BCUT2D eigenvalue weighted by molar-refractivity contribution is 5.94. The van der Waals surface area contributed by atoms with Crippen LogP contribution in [0.2, 0.25) is 0 Å². The summed E-state index contributed by atoms with van der Waals surface area (Å²) in [6.07, 6.45) is 4.61. The Labute approximate surface area is 178 Å². The maximum Gasteiger partial charge on any atom is 0.253 e. The van der Waals surface area contributed by atoms with E-state index in [1.165, 1.54) is 12.8 Å². The van der Waals surface area contributed by atoms with E-state index < -0.39 is 0 Å². The summed E-state index contributed by atoms with van der Waals surface area (Å²) < 4.78 is 5.68. The lowest BCUT2D eigenvalue weighted by Crippen LogP contribution is -2.49. The molecule has 1 aromatic carbocycles. The predicted molar refractivity (Wildman–Crippen MR) is 118 cm³/mol.